The van der Waals surface area contributed by atoms with Gasteiger partial charge in [-0.1, -0.05) is 12.1 Å². The Morgan fingerprint density at radius 2 is 2.25 bits per heavy atom. The maximum Gasteiger partial charge on any atom is 0.235 e. The quantitative estimate of drug-likeness (QED) is 0.803. The van der Waals surface area contributed by atoms with Crippen molar-refractivity contribution in [1.82, 2.24) is 5.32 Å². The number of halogens is 1. The molecule has 1 aromatic carbocycles. The van der Waals surface area contributed by atoms with E-state index in [4.69, 9.17) is 16.3 Å². The van der Waals surface area contributed by atoms with Gasteiger partial charge in [0.15, 0.2) is 0 Å². The molecule has 16 heavy (non-hydrogen) atoms. The van der Waals surface area contributed by atoms with Crippen LogP contribution < -0.4 is 10.1 Å². The molecule has 0 unspecified atom stereocenters. The van der Waals surface area contributed by atoms with Crippen molar-refractivity contribution in [3.63, 3.8) is 0 Å². The van der Waals surface area contributed by atoms with Gasteiger partial charge in [0.2, 0.25) is 5.91 Å². The first-order valence-electron chi connectivity index (χ1n) is 5.22. The van der Waals surface area contributed by atoms with E-state index in [1.54, 1.807) is 0 Å². The van der Waals surface area contributed by atoms with Crippen molar-refractivity contribution in [3.8, 4) is 5.75 Å². The minimum atomic E-state index is -0.176. The molecule has 0 aliphatic carbocycles. The summed E-state index contributed by atoms with van der Waals surface area (Å²) in [6.45, 7) is 4.99. The van der Waals surface area contributed by atoms with E-state index in [1.165, 1.54) is 0 Å². The number of hydrogen-bond donors (Lipinski definition) is 1. The van der Waals surface area contributed by atoms with E-state index in [0.717, 1.165) is 16.9 Å². The molecule has 1 N–H and O–H groups in total. The fourth-order valence-electron chi connectivity index (χ4n) is 1.34. The van der Waals surface area contributed by atoms with Crippen molar-refractivity contribution in [3.05, 3.63) is 29.3 Å². The second-order valence-corrected chi connectivity index (χ2v) is 3.72. The van der Waals surface area contributed by atoms with Gasteiger partial charge in [0.25, 0.3) is 0 Å². The van der Waals surface area contributed by atoms with Gasteiger partial charge in [0, 0.05) is 12.1 Å². The average Bonchev–Trinajstić information content (AvgIpc) is 2.28. The maximum atomic E-state index is 11.0. The van der Waals surface area contributed by atoms with Crippen LogP contribution >= 0.6 is 11.6 Å². The lowest BCUT2D eigenvalue weighted by atomic mass is 10.1. The summed E-state index contributed by atoms with van der Waals surface area (Å²) in [7, 11) is 0. The third kappa shape index (κ3) is 3.74. The Kier molecular flexibility index (Phi) is 5.12. The first-order valence-corrected chi connectivity index (χ1v) is 5.75. The topological polar surface area (TPSA) is 38.3 Å². The summed E-state index contributed by atoms with van der Waals surface area (Å²) in [5, 5.41) is 2.72. The number of rotatable bonds is 5. The van der Waals surface area contributed by atoms with Crippen LogP contribution in [0.2, 0.25) is 0 Å². The molecule has 4 heteroatoms. The molecule has 0 heterocycles. The first kappa shape index (κ1) is 12.8. The van der Waals surface area contributed by atoms with E-state index >= 15 is 0 Å². The number of amides is 1. The predicted molar refractivity (Wildman–Crippen MR) is 64.9 cm³/mol. The van der Waals surface area contributed by atoms with Gasteiger partial charge in [-0.15, -0.1) is 11.6 Å². The first-order chi connectivity index (χ1) is 7.67. The molecule has 0 aliphatic rings. The molecular weight excluding hydrogens is 226 g/mol. The molecule has 0 saturated heterocycles. The molecule has 3 nitrogen and oxygen atoms in total. The van der Waals surface area contributed by atoms with Crippen LogP contribution in [0.3, 0.4) is 0 Å². The van der Waals surface area contributed by atoms with Crippen molar-refractivity contribution in [2.45, 2.75) is 20.4 Å². The average molecular weight is 242 g/mol. The highest BCUT2D eigenvalue weighted by Crippen LogP contribution is 2.20. The molecule has 1 amide bonds. The van der Waals surface area contributed by atoms with Crippen LogP contribution in [0.25, 0.3) is 0 Å². The van der Waals surface area contributed by atoms with E-state index in [-0.39, 0.29) is 11.8 Å². The highest BCUT2D eigenvalue weighted by Gasteiger charge is 2.05. The van der Waals surface area contributed by atoms with Crippen molar-refractivity contribution in [2.24, 2.45) is 0 Å². The lowest BCUT2D eigenvalue weighted by Gasteiger charge is -2.11. The molecule has 0 radical (unpaired) electrons. The van der Waals surface area contributed by atoms with Crippen LogP contribution in [0.1, 0.15) is 18.1 Å². The Bertz CT molecular complexity index is 366. The van der Waals surface area contributed by atoms with E-state index in [0.29, 0.717) is 13.2 Å². The normalized spacial score (nSPS) is 9.94. The molecule has 0 aromatic heterocycles. The van der Waals surface area contributed by atoms with Gasteiger partial charge in [-0.3, -0.25) is 4.79 Å². The van der Waals surface area contributed by atoms with Crippen molar-refractivity contribution in [2.75, 3.05) is 12.5 Å². The van der Waals surface area contributed by atoms with Gasteiger partial charge >= 0.3 is 0 Å². The smallest absolute Gasteiger partial charge is 0.235 e. The second-order valence-electron chi connectivity index (χ2n) is 3.45. The number of carbonyl (C=O) groups is 1. The zero-order valence-electron chi connectivity index (χ0n) is 9.55. The minimum Gasteiger partial charge on any atom is -0.494 e. The highest BCUT2D eigenvalue weighted by atomic mass is 35.5. The summed E-state index contributed by atoms with van der Waals surface area (Å²) in [4.78, 5) is 11.0. The third-order valence-electron chi connectivity index (χ3n) is 2.12. The molecule has 1 rings (SSSR count). The molecule has 0 fully saturated rings. The minimum absolute atomic E-state index is 0.0180. The summed E-state index contributed by atoms with van der Waals surface area (Å²) in [6, 6.07) is 5.91. The van der Waals surface area contributed by atoms with Crippen LogP contribution in [-0.2, 0) is 11.3 Å². The lowest BCUT2D eigenvalue weighted by molar-refractivity contribution is -0.118. The molecule has 1 aromatic rings. The number of nitrogens with one attached hydrogen (secondary N) is 1. The molecule has 0 atom stereocenters. The van der Waals surface area contributed by atoms with Crippen LogP contribution in [0.5, 0.6) is 5.75 Å². The van der Waals surface area contributed by atoms with Crippen LogP contribution in [-0.4, -0.2) is 18.4 Å². The monoisotopic (exact) mass is 241 g/mol. The zero-order chi connectivity index (χ0) is 12.0. The number of alkyl halides is 1. The molecule has 0 saturated carbocycles. The van der Waals surface area contributed by atoms with Gasteiger partial charge < -0.3 is 10.1 Å². The Morgan fingerprint density at radius 3 is 2.88 bits per heavy atom. The molecule has 88 valence electrons. The van der Waals surface area contributed by atoms with E-state index in [1.807, 2.05) is 32.0 Å². The fraction of sp³-hybridized carbons (Fsp3) is 0.417. The number of carbonyl (C=O) groups excluding carboxylic acids is 1. The number of benzene rings is 1. The van der Waals surface area contributed by atoms with Crippen molar-refractivity contribution < 1.29 is 9.53 Å². The molecular formula is C12H16ClNO2. The van der Waals surface area contributed by atoms with Gasteiger partial charge in [0.1, 0.15) is 11.6 Å². The van der Waals surface area contributed by atoms with Gasteiger partial charge in [-0.05, 0) is 25.5 Å². The van der Waals surface area contributed by atoms with Gasteiger partial charge in [-0.25, -0.2) is 0 Å². The number of hydrogen-bond acceptors (Lipinski definition) is 2. The lowest BCUT2D eigenvalue weighted by Crippen LogP contribution is -2.24. The van der Waals surface area contributed by atoms with Crippen molar-refractivity contribution in [1.29, 1.82) is 0 Å². The summed E-state index contributed by atoms with van der Waals surface area (Å²) in [6.07, 6.45) is 0. The highest BCUT2D eigenvalue weighted by molar-refractivity contribution is 6.27. The van der Waals surface area contributed by atoms with Crippen molar-refractivity contribution >= 4 is 17.5 Å². The third-order valence-corrected chi connectivity index (χ3v) is 2.36. The van der Waals surface area contributed by atoms with Crippen LogP contribution in [0.4, 0.5) is 0 Å². The Morgan fingerprint density at radius 1 is 1.50 bits per heavy atom. The number of aryl methyl sites for hydroxylation is 1. The predicted octanol–water partition coefficient (Wildman–Crippen LogP) is 2.25. The Hall–Kier alpha value is -1.22. The van der Waals surface area contributed by atoms with Gasteiger partial charge in [0.05, 0.1) is 6.61 Å². The Labute approximate surface area is 101 Å². The van der Waals surface area contributed by atoms with Gasteiger partial charge in [-0.2, -0.15) is 0 Å². The molecule has 0 spiro atoms. The largest absolute Gasteiger partial charge is 0.494 e. The molecule has 0 bridgehead atoms. The standard InChI is InChI=1S/C12H16ClNO2/c1-3-16-11-6-9(2)4-5-10(11)8-14-12(15)7-13/h4-6H,3,7-8H2,1-2H3,(H,14,15). The molecule has 0 aliphatic heterocycles. The second kappa shape index (κ2) is 6.38. The zero-order valence-corrected chi connectivity index (χ0v) is 10.3. The van der Waals surface area contributed by atoms with Crippen LogP contribution in [0.15, 0.2) is 18.2 Å². The maximum absolute atomic E-state index is 11.0. The summed E-state index contributed by atoms with van der Waals surface area (Å²) in [5.41, 5.74) is 2.10. The Balaban J connectivity index is 2.73. The summed E-state index contributed by atoms with van der Waals surface area (Å²) in [5.74, 6) is 0.623. The van der Waals surface area contributed by atoms with Crippen LogP contribution in [0, 0.1) is 6.92 Å². The van der Waals surface area contributed by atoms with E-state index < -0.39 is 0 Å². The van der Waals surface area contributed by atoms with E-state index in [2.05, 4.69) is 5.32 Å². The fourth-order valence-corrected chi connectivity index (χ4v) is 1.43. The number of ether oxygens (including phenoxy) is 1. The van der Waals surface area contributed by atoms with E-state index in [9.17, 15) is 4.79 Å². The summed E-state index contributed by atoms with van der Waals surface area (Å²) >= 11 is 5.40. The SMILES string of the molecule is CCOc1cc(C)ccc1CNC(=O)CCl. The summed E-state index contributed by atoms with van der Waals surface area (Å²) < 4.78 is 5.50.